The van der Waals surface area contributed by atoms with Crippen LogP contribution < -0.4 is 0 Å². The summed E-state index contributed by atoms with van der Waals surface area (Å²) in [5, 5.41) is 0.833. The molecule has 2 bridgehead atoms. The predicted octanol–water partition coefficient (Wildman–Crippen LogP) is 4.10. The molecule has 2 heterocycles. The van der Waals surface area contributed by atoms with E-state index in [-0.39, 0.29) is 16.3 Å². The maximum atomic E-state index is 14.0. The van der Waals surface area contributed by atoms with Crippen molar-refractivity contribution in [1.29, 1.82) is 0 Å². The number of hydrogen-bond donors (Lipinski definition) is 0. The van der Waals surface area contributed by atoms with Gasteiger partial charge in [0, 0.05) is 5.39 Å². The quantitative estimate of drug-likeness (QED) is 0.793. The van der Waals surface area contributed by atoms with Crippen molar-refractivity contribution in [2.75, 3.05) is 0 Å². The molecule has 0 aliphatic carbocycles. The summed E-state index contributed by atoms with van der Waals surface area (Å²) in [6, 6.07) is 10.7. The second kappa shape index (κ2) is 4.92. The van der Waals surface area contributed by atoms with Crippen molar-refractivity contribution < 1.29 is 12.8 Å². The molecular weight excluding hydrogens is 299 g/mol. The molecule has 2 aromatic carbocycles. The fraction of sp³-hybridized carbons (Fsp3) is 0.333. The second-order valence-electron chi connectivity index (χ2n) is 6.22. The Hall–Kier alpha value is -1.68. The number of halogens is 1. The Morgan fingerprint density at radius 3 is 2.55 bits per heavy atom. The third-order valence-electron chi connectivity index (χ3n) is 4.95. The first-order valence-corrected chi connectivity index (χ1v) is 9.29. The molecule has 114 valence electrons. The van der Waals surface area contributed by atoms with Crippen LogP contribution in [0.4, 0.5) is 4.39 Å². The molecular formula is C18H17FO2S. The molecule has 0 aromatic heterocycles. The molecule has 22 heavy (non-hydrogen) atoms. The van der Waals surface area contributed by atoms with Crippen LogP contribution in [-0.4, -0.2) is 18.9 Å². The van der Waals surface area contributed by atoms with E-state index in [1.54, 1.807) is 12.1 Å². The SMILES string of the molecule is O=S1(=O)C2C=C(c3ccc(F)c4ccccc34)CC1CCC2. The minimum atomic E-state index is -3.02. The smallest absolute Gasteiger partial charge is 0.159 e. The van der Waals surface area contributed by atoms with Crippen molar-refractivity contribution in [3.8, 4) is 0 Å². The second-order valence-corrected chi connectivity index (χ2v) is 8.67. The minimum Gasteiger partial charge on any atom is -0.228 e. The maximum absolute atomic E-state index is 14.0. The van der Waals surface area contributed by atoms with Gasteiger partial charge in [0.15, 0.2) is 9.84 Å². The molecule has 2 aromatic rings. The minimum absolute atomic E-state index is 0.233. The van der Waals surface area contributed by atoms with Crippen LogP contribution in [0.1, 0.15) is 31.2 Å². The van der Waals surface area contributed by atoms with E-state index >= 15 is 0 Å². The molecule has 1 fully saturated rings. The molecule has 2 aliphatic rings. The Balaban J connectivity index is 1.90. The van der Waals surface area contributed by atoms with Crippen molar-refractivity contribution in [2.45, 2.75) is 36.2 Å². The molecule has 4 heteroatoms. The van der Waals surface area contributed by atoms with Crippen molar-refractivity contribution in [3.05, 3.63) is 53.9 Å². The van der Waals surface area contributed by atoms with Crippen LogP contribution in [0.15, 0.2) is 42.5 Å². The van der Waals surface area contributed by atoms with Gasteiger partial charge in [-0.1, -0.05) is 42.8 Å². The standard InChI is InChI=1S/C18H17FO2S/c19-18-9-8-15(16-6-1-2-7-17(16)18)12-10-13-4-3-5-14(11-12)22(13,20)21/h1-2,6-10,13-14H,3-5,11H2. The molecule has 2 atom stereocenters. The molecule has 4 rings (SSSR count). The van der Waals surface area contributed by atoms with Crippen LogP contribution >= 0.6 is 0 Å². The Morgan fingerprint density at radius 2 is 1.77 bits per heavy atom. The highest BCUT2D eigenvalue weighted by Gasteiger charge is 2.40. The van der Waals surface area contributed by atoms with Gasteiger partial charge in [0.05, 0.1) is 10.5 Å². The van der Waals surface area contributed by atoms with Crippen molar-refractivity contribution in [2.24, 2.45) is 0 Å². The van der Waals surface area contributed by atoms with Crippen LogP contribution in [0.3, 0.4) is 0 Å². The first kappa shape index (κ1) is 13.9. The molecule has 2 nitrogen and oxygen atoms in total. The lowest BCUT2D eigenvalue weighted by atomic mass is 9.90. The van der Waals surface area contributed by atoms with E-state index in [2.05, 4.69) is 0 Å². The summed E-state index contributed by atoms with van der Waals surface area (Å²) >= 11 is 0. The fourth-order valence-corrected chi connectivity index (χ4v) is 6.05. The normalized spacial score (nSPS) is 26.7. The molecule has 0 amide bonds. The Kier molecular flexibility index (Phi) is 3.12. The van der Waals surface area contributed by atoms with Crippen molar-refractivity contribution in [3.63, 3.8) is 0 Å². The third kappa shape index (κ3) is 2.01. The van der Waals surface area contributed by atoms with Gasteiger partial charge in [-0.25, -0.2) is 12.8 Å². The molecule has 0 saturated carbocycles. The topological polar surface area (TPSA) is 34.1 Å². The average Bonchev–Trinajstić information content (AvgIpc) is 2.47. The van der Waals surface area contributed by atoms with Gasteiger partial charge in [-0.3, -0.25) is 0 Å². The monoisotopic (exact) mass is 316 g/mol. The van der Waals surface area contributed by atoms with E-state index in [0.29, 0.717) is 18.2 Å². The Morgan fingerprint density at radius 1 is 1.00 bits per heavy atom. The number of benzene rings is 2. The van der Waals surface area contributed by atoms with Gasteiger partial charge in [0.1, 0.15) is 5.82 Å². The Bertz CT molecular complexity index is 883. The first-order valence-electron chi connectivity index (χ1n) is 7.68. The highest BCUT2D eigenvalue weighted by molar-refractivity contribution is 7.93. The number of sulfone groups is 1. The van der Waals surface area contributed by atoms with E-state index < -0.39 is 9.84 Å². The van der Waals surface area contributed by atoms with Gasteiger partial charge in [-0.2, -0.15) is 0 Å². The van der Waals surface area contributed by atoms with E-state index in [4.69, 9.17) is 0 Å². The number of hydrogen-bond acceptors (Lipinski definition) is 2. The third-order valence-corrected chi connectivity index (χ3v) is 7.50. The lowest BCUT2D eigenvalue weighted by Crippen LogP contribution is -2.38. The number of fused-ring (bicyclic) bond motifs is 3. The van der Waals surface area contributed by atoms with Gasteiger partial charge in [-0.15, -0.1) is 0 Å². The van der Waals surface area contributed by atoms with E-state index in [1.807, 2.05) is 24.3 Å². The lowest BCUT2D eigenvalue weighted by molar-refractivity contribution is 0.518. The Labute approximate surface area is 129 Å². The van der Waals surface area contributed by atoms with Crippen LogP contribution in [-0.2, 0) is 9.84 Å². The van der Waals surface area contributed by atoms with Gasteiger partial charge in [0.2, 0.25) is 0 Å². The number of rotatable bonds is 1. The maximum Gasteiger partial charge on any atom is 0.159 e. The molecule has 1 saturated heterocycles. The van der Waals surface area contributed by atoms with Gasteiger partial charge >= 0.3 is 0 Å². The largest absolute Gasteiger partial charge is 0.228 e. The molecule has 0 spiro atoms. The van der Waals surface area contributed by atoms with Crippen molar-refractivity contribution in [1.82, 2.24) is 0 Å². The molecule has 0 N–H and O–H groups in total. The molecule has 0 radical (unpaired) electrons. The summed E-state index contributed by atoms with van der Waals surface area (Å²) in [4.78, 5) is 0. The first-order chi connectivity index (χ1) is 10.6. The van der Waals surface area contributed by atoms with Crippen LogP contribution in [0, 0.1) is 5.82 Å². The fourth-order valence-electron chi connectivity index (χ4n) is 3.80. The molecule has 2 unspecified atom stereocenters. The lowest BCUT2D eigenvalue weighted by Gasteiger charge is -2.33. The van der Waals surface area contributed by atoms with Crippen LogP contribution in [0.5, 0.6) is 0 Å². The van der Waals surface area contributed by atoms with E-state index in [1.165, 1.54) is 6.07 Å². The highest BCUT2D eigenvalue weighted by atomic mass is 32.2. The average molecular weight is 316 g/mol. The van der Waals surface area contributed by atoms with Gasteiger partial charge < -0.3 is 0 Å². The summed E-state index contributed by atoms with van der Waals surface area (Å²) in [6.45, 7) is 0. The van der Waals surface area contributed by atoms with E-state index in [9.17, 15) is 12.8 Å². The van der Waals surface area contributed by atoms with Gasteiger partial charge in [-0.05, 0) is 41.9 Å². The summed E-state index contributed by atoms with van der Waals surface area (Å²) in [5.74, 6) is -0.233. The molecule has 2 aliphatic heterocycles. The predicted molar refractivity (Wildman–Crippen MR) is 86.8 cm³/mol. The highest BCUT2D eigenvalue weighted by Crippen LogP contribution is 2.41. The zero-order chi connectivity index (χ0) is 15.3. The summed E-state index contributed by atoms with van der Waals surface area (Å²) < 4.78 is 38.7. The van der Waals surface area contributed by atoms with E-state index in [0.717, 1.165) is 29.4 Å². The summed E-state index contributed by atoms with van der Waals surface area (Å²) in [5.41, 5.74) is 2.03. The zero-order valence-electron chi connectivity index (χ0n) is 12.1. The van der Waals surface area contributed by atoms with Gasteiger partial charge in [0.25, 0.3) is 0 Å². The summed E-state index contributed by atoms with van der Waals surface area (Å²) in [6.07, 6.45) is 4.89. The zero-order valence-corrected chi connectivity index (χ0v) is 12.9. The van der Waals surface area contributed by atoms with Crippen molar-refractivity contribution >= 4 is 26.2 Å². The summed E-state index contributed by atoms with van der Waals surface area (Å²) in [7, 11) is -3.02. The number of allylic oxidation sites excluding steroid dienone is 1. The van der Waals surface area contributed by atoms with Crippen LogP contribution in [0.2, 0.25) is 0 Å². The van der Waals surface area contributed by atoms with Crippen LogP contribution in [0.25, 0.3) is 16.3 Å².